The maximum Gasteiger partial charge on any atom is 0.254 e. The predicted octanol–water partition coefficient (Wildman–Crippen LogP) is 5.05. The highest BCUT2D eigenvalue weighted by Crippen LogP contribution is 2.45. The number of ether oxygens (including phenoxy) is 1. The van der Waals surface area contributed by atoms with Gasteiger partial charge in [-0.1, -0.05) is 54.6 Å². The predicted molar refractivity (Wildman–Crippen MR) is 138 cm³/mol. The molecular formula is C29H29N3O3. The molecule has 2 amide bonds. The van der Waals surface area contributed by atoms with Crippen molar-refractivity contribution in [1.82, 2.24) is 9.47 Å². The molecule has 1 aliphatic rings. The number of methoxy groups -OCH3 is 1. The molecule has 3 aromatic carbocycles. The average Bonchev–Trinajstić information content (AvgIpc) is 3.21. The molecule has 35 heavy (non-hydrogen) atoms. The molecule has 1 aromatic heterocycles. The first-order valence-electron chi connectivity index (χ1n) is 11.8. The van der Waals surface area contributed by atoms with Gasteiger partial charge in [-0.3, -0.25) is 9.59 Å². The van der Waals surface area contributed by atoms with Crippen molar-refractivity contribution < 1.29 is 14.3 Å². The number of para-hydroxylation sites is 2. The lowest BCUT2D eigenvalue weighted by molar-refractivity contribution is -0.119. The van der Waals surface area contributed by atoms with Crippen LogP contribution in [-0.2, 0) is 16.6 Å². The van der Waals surface area contributed by atoms with Gasteiger partial charge in [0, 0.05) is 54.6 Å². The number of nitrogens with one attached hydrogen (secondary N) is 1. The standard InChI is InChI=1S/C29H29N3O3/c1-19-10-4-8-14-24(19)30-28(33)26-21-12-5-6-13-22(21)29(34)32(16-17-35-3)27(26)23-18-31(2)25-15-9-7-11-20(23)25/h4-15,18,26-27H,16-17H2,1-3H3,(H,30,33)/t26-,27-/m1/s1. The molecule has 0 fully saturated rings. The maximum absolute atomic E-state index is 14.0. The Kier molecular flexibility index (Phi) is 6.14. The van der Waals surface area contributed by atoms with E-state index in [4.69, 9.17) is 4.74 Å². The second-order valence-electron chi connectivity index (χ2n) is 9.02. The van der Waals surface area contributed by atoms with Crippen LogP contribution in [0.15, 0.2) is 79.0 Å². The van der Waals surface area contributed by atoms with Gasteiger partial charge in [0.25, 0.3) is 5.91 Å². The van der Waals surface area contributed by atoms with Gasteiger partial charge in [0.1, 0.15) is 0 Å². The Morgan fingerprint density at radius 1 is 0.971 bits per heavy atom. The van der Waals surface area contributed by atoms with Crippen molar-refractivity contribution in [3.05, 3.63) is 101 Å². The summed E-state index contributed by atoms with van der Waals surface area (Å²) in [6.07, 6.45) is 2.05. The average molecular weight is 468 g/mol. The van der Waals surface area contributed by atoms with Crippen LogP contribution in [0.1, 0.15) is 39.0 Å². The van der Waals surface area contributed by atoms with E-state index in [0.717, 1.165) is 33.3 Å². The first-order chi connectivity index (χ1) is 17.0. The lowest BCUT2D eigenvalue weighted by atomic mass is 9.79. The third kappa shape index (κ3) is 4.00. The van der Waals surface area contributed by atoms with E-state index in [2.05, 4.69) is 22.0 Å². The van der Waals surface area contributed by atoms with E-state index < -0.39 is 12.0 Å². The lowest BCUT2D eigenvalue weighted by Crippen LogP contribution is -2.47. The number of carbonyl (C=O) groups excluding carboxylic acids is 2. The first kappa shape index (κ1) is 22.9. The molecule has 178 valence electrons. The quantitative estimate of drug-likeness (QED) is 0.432. The van der Waals surface area contributed by atoms with E-state index in [1.165, 1.54) is 0 Å². The highest BCUT2D eigenvalue weighted by Gasteiger charge is 2.45. The number of anilines is 1. The van der Waals surface area contributed by atoms with Gasteiger partial charge in [0.05, 0.1) is 18.6 Å². The molecule has 0 spiro atoms. The number of aryl methyl sites for hydroxylation is 2. The Labute approximate surface area is 205 Å². The zero-order chi connectivity index (χ0) is 24.5. The van der Waals surface area contributed by atoms with Crippen molar-refractivity contribution >= 4 is 28.4 Å². The molecule has 1 N–H and O–H groups in total. The van der Waals surface area contributed by atoms with Gasteiger partial charge in [0.2, 0.25) is 5.91 Å². The summed E-state index contributed by atoms with van der Waals surface area (Å²) < 4.78 is 7.42. The monoisotopic (exact) mass is 467 g/mol. The van der Waals surface area contributed by atoms with Gasteiger partial charge >= 0.3 is 0 Å². The topological polar surface area (TPSA) is 63.6 Å². The molecule has 2 heterocycles. The lowest BCUT2D eigenvalue weighted by Gasteiger charge is -2.41. The van der Waals surface area contributed by atoms with E-state index in [1.807, 2.05) is 80.8 Å². The van der Waals surface area contributed by atoms with Crippen molar-refractivity contribution in [3.8, 4) is 0 Å². The van der Waals surface area contributed by atoms with Crippen LogP contribution in [0.4, 0.5) is 5.69 Å². The van der Waals surface area contributed by atoms with Crippen molar-refractivity contribution in [3.63, 3.8) is 0 Å². The van der Waals surface area contributed by atoms with Gasteiger partial charge in [-0.25, -0.2) is 0 Å². The van der Waals surface area contributed by atoms with Crippen molar-refractivity contribution in [2.75, 3.05) is 25.6 Å². The fourth-order valence-electron chi connectivity index (χ4n) is 5.19. The number of fused-ring (bicyclic) bond motifs is 2. The second-order valence-corrected chi connectivity index (χ2v) is 9.02. The Balaban J connectivity index is 1.71. The summed E-state index contributed by atoms with van der Waals surface area (Å²) in [5.41, 5.74) is 5.07. The van der Waals surface area contributed by atoms with E-state index in [9.17, 15) is 9.59 Å². The van der Waals surface area contributed by atoms with Crippen LogP contribution in [0.3, 0.4) is 0 Å². The minimum absolute atomic E-state index is 0.0875. The number of hydrogen-bond donors (Lipinski definition) is 1. The van der Waals surface area contributed by atoms with Crippen LogP contribution in [0.25, 0.3) is 10.9 Å². The summed E-state index contributed by atoms with van der Waals surface area (Å²) in [7, 11) is 3.62. The van der Waals surface area contributed by atoms with Gasteiger partial charge < -0.3 is 19.5 Å². The van der Waals surface area contributed by atoms with Crippen LogP contribution in [0, 0.1) is 6.92 Å². The largest absolute Gasteiger partial charge is 0.383 e. The summed E-state index contributed by atoms with van der Waals surface area (Å²) in [5.74, 6) is -0.818. The number of aromatic nitrogens is 1. The molecule has 0 saturated carbocycles. The van der Waals surface area contributed by atoms with Crippen LogP contribution in [0.2, 0.25) is 0 Å². The van der Waals surface area contributed by atoms with Crippen LogP contribution in [-0.4, -0.2) is 41.5 Å². The molecule has 2 atom stereocenters. The third-order valence-corrected chi connectivity index (χ3v) is 6.91. The molecule has 0 unspecified atom stereocenters. The van der Waals surface area contributed by atoms with Gasteiger partial charge in [-0.15, -0.1) is 0 Å². The molecule has 0 bridgehead atoms. The molecule has 5 rings (SSSR count). The van der Waals surface area contributed by atoms with Crippen molar-refractivity contribution in [2.45, 2.75) is 18.9 Å². The number of amides is 2. The molecule has 0 saturated heterocycles. The van der Waals surface area contributed by atoms with E-state index in [0.29, 0.717) is 18.7 Å². The molecular weight excluding hydrogens is 438 g/mol. The number of nitrogens with zero attached hydrogens (tertiary/aromatic N) is 2. The van der Waals surface area contributed by atoms with E-state index >= 15 is 0 Å². The highest BCUT2D eigenvalue weighted by atomic mass is 16.5. The zero-order valence-electron chi connectivity index (χ0n) is 20.2. The Morgan fingerprint density at radius 3 is 2.49 bits per heavy atom. The summed E-state index contributed by atoms with van der Waals surface area (Å²) in [5, 5.41) is 4.18. The fraction of sp³-hybridized carbons (Fsp3) is 0.241. The number of rotatable bonds is 6. The van der Waals surface area contributed by atoms with Crippen molar-refractivity contribution in [2.24, 2.45) is 7.05 Å². The highest BCUT2D eigenvalue weighted by molar-refractivity contribution is 6.05. The SMILES string of the molecule is COCCN1C(=O)c2ccccc2[C@@H](C(=O)Nc2ccccc2C)[C@H]1c1cn(C)c2ccccc12. The summed E-state index contributed by atoms with van der Waals surface area (Å²) in [6, 6.07) is 22.8. The molecule has 0 aliphatic carbocycles. The van der Waals surface area contributed by atoms with Crippen LogP contribution >= 0.6 is 0 Å². The van der Waals surface area contributed by atoms with Gasteiger partial charge in [-0.05, 0) is 36.2 Å². The second kappa shape index (κ2) is 9.39. The zero-order valence-corrected chi connectivity index (χ0v) is 20.2. The summed E-state index contributed by atoms with van der Waals surface area (Å²) in [6.45, 7) is 2.73. The Hall–Kier alpha value is -3.90. The molecule has 4 aromatic rings. The number of carbonyl (C=O) groups is 2. The van der Waals surface area contributed by atoms with Crippen molar-refractivity contribution in [1.29, 1.82) is 0 Å². The van der Waals surface area contributed by atoms with E-state index in [1.54, 1.807) is 12.0 Å². The maximum atomic E-state index is 14.0. The Morgan fingerprint density at radius 2 is 1.69 bits per heavy atom. The van der Waals surface area contributed by atoms with Gasteiger partial charge in [0.15, 0.2) is 0 Å². The third-order valence-electron chi connectivity index (χ3n) is 6.91. The smallest absolute Gasteiger partial charge is 0.254 e. The van der Waals surface area contributed by atoms with Crippen LogP contribution < -0.4 is 5.32 Å². The van der Waals surface area contributed by atoms with Gasteiger partial charge in [-0.2, -0.15) is 0 Å². The summed E-state index contributed by atoms with van der Waals surface area (Å²) in [4.78, 5) is 29.6. The minimum atomic E-state index is -0.592. The molecule has 1 aliphatic heterocycles. The number of hydrogen-bond acceptors (Lipinski definition) is 3. The summed E-state index contributed by atoms with van der Waals surface area (Å²) >= 11 is 0. The molecule has 6 nitrogen and oxygen atoms in total. The van der Waals surface area contributed by atoms with Crippen LogP contribution in [0.5, 0.6) is 0 Å². The Bertz CT molecular complexity index is 1410. The fourth-order valence-corrected chi connectivity index (χ4v) is 5.19. The van der Waals surface area contributed by atoms with E-state index in [-0.39, 0.29) is 11.8 Å². The normalized spacial score (nSPS) is 17.5. The molecule has 0 radical (unpaired) electrons. The number of benzene rings is 3. The minimum Gasteiger partial charge on any atom is -0.383 e. The first-order valence-corrected chi connectivity index (χ1v) is 11.8. The molecule has 6 heteroatoms.